The van der Waals surface area contributed by atoms with Crippen LogP contribution in [0.4, 0.5) is 4.79 Å². The zero-order valence-corrected chi connectivity index (χ0v) is 13.4. The number of urea groups is 1. The van der Waals surface area contributed by atoms with Gasteiger partial charge in [0.1, 0.15) is 6.04 Å². The summed E-state index contributed by atoms with van der Waals surface area (Å²) in [5.41, 5.74) is 0.412. The summed E-state index contributed by atoms with van der Waals surface area (Å²) >= 11 is 0. The number of hydrogen-bond donors (Lipinski definition) is 2. The van der Waals surface area contributed by atoms with Crippen molar-refractivity contribution in [2.75, 3.05) is 13.1 Å². The molecule has 1 aliphatic heterocycles. The first kappa shape index (κ1) is 17.5. The first-order valence-corrected chi connectivity index (χ1v) is 7.55. The van der Waals surface area contributed by atoms with E-state index in [0.29, 0.717) is 12.1 Å². The number of imide groups is 1. The molecule has 0 aliphatic carbocycles. The Kier molecular flexibility index (Phi) is 5.51. The predicted molar refractivity (Wildman–Crippen MR) is 84.0 cm³/mol. The van der Waals surface area contributed by atoms with E-state index in [1.165, 1.54) is 13.8 Å². The van der Waals surface area contributed by atoms with Crippen molar-refractivity contribution in [3.8, 4) is 0 Å². The first-order valence-electron chi connectivity index (χ1n) is 7.55. The molecule has 1 heterocycles. The van der Waals surface area contributed by atoms with E-state index in [0.717, 1.165) is 4.90 Å². The van der Waals surface area contributed by atoms with Crippen LogP contribution in [0.1, 0.15) is 24.2 Å². The third-order valence-corrected chi connectivity index (χ3v) is 3.50. The lowest BCUT2D eigenvalue weighted by molar-refractivity contribution is -0.158. The molecule has 0 aromatic heterocycles. The number of nitrogens with zero attached hydrogens (tertiary/aromatic N) is 1. The fourth-order valence-electron chi connectivity index (χ4n) is 2.16. The third-order valence-electron chi connectivity index (χ3n) is 3.50. The molecular weight excluding hydrogens is 314 g/mol. The number of nitrogens with one attached hydrogen (secondary N) is 2. The van der Waals surface area contributed by atoms with Crippen molar-refractivity contribution in [1.82, 2.24) is 15.5 Å². The molecule has 1 saturated heterocycles. The van der Waals surface area contributed by atoms with E-state index >= 15 is 0 Å². The van der Waals surface area contributed by atoms with Crippen LogP contribution >= 0.6 is 0 Å². The minimum Gasteiger partial charge on any atom is -0.451 e. The highest BCUT2D eigenvalue weighted by Crippen LogP contribution is 2.06. The minimum absolute atomic E-state index is 0.236. The standard InChI is InChI=1S/C16H19N3O5/c1-10(18-13(20)12-6-4-3-5-7-12)15(22)24-11(2)14(21)19-9-8-17-16(19)23/h3-7,10-11H,8-9H2,1-2H3,(H,17,23)(H,18,20)/t10-,11-/m0/s1. The van der Waals surface area contributed by atoms with Crippen molar-refractivity contribution in [2.45, 2.75) is 26.0 Å². The number of benzene rings is 1. The monoisotopic (exact) mass is 333 g/mol. The van der Waals surface area contributed by atoms with Crippen molar-refractivity contribution in [3.63, 3.8) is 0 Å². The summed E-state index contributed by atoms with van der Waals surface area (Å²) in [4.78, 5) is 48.5. The number of esters is 1. The second-order valence-electron chi connectivity index (χ2n) is 5.36. The van der Waals surface area contributed by atoms with Crippen LogP contribution in [0.5, 0.6) is 0 Å². The van der Waals surface area contributed by atoms with Crippen molar-refractivity contribution in [3.05, 3.63) is 35.9 Å². The molecule has 1 aromatic carbocycles. The summed E-state index contributed by atoms with van der Waals surface area (Å²) in [5, 5.41) is 5.00. The van der Waals surface area contributed by atoms with Gasteiger partial charge in [-0.15, -0.1) is 0 Å². The lowest BCUT2D eigenvalue weighted by atomic mass is 10.2. The molecule has 0 unspecified atom stereocenters. The Bertz CT molecular complexity index is 646. The summed E-state index contributed by atoms with van der Waals surface area (Å²) in [7, 11) is 0. The molecule has 8 heteroatoms. The summed E-state index contributed by atoms with van der Waals surface area (Å²) in [5.74, 6) is -1.77. The molecule has 0 spiro atoms. The van der Waals surface area contributed by atoms with Crippen LogP contribution in [-0.2, 0) is 14.3 Å². The van der Waals surface area contributed by atoms with E-state index in [4.69, 9.17) is 4.74 Å². The Hall–Kier alpha value is -2.90. The van der Waals surface area contributed by atoms with Crippen molar-refractivity contribution in [2.24, 2.45) is 0 Å². The van der Waals surface area contributed by atoms with Gasteiger partial charge in [-0.3, -0.25) is 14.5 Å². The number of carbonyl (C=O) groups excluding carboxylic acids is 4. The average molecular weight is 333 g/mol. The highest BCUT2D eigenvalue weighted by Gasteiger charge is 2.32. The number of carbonyl (C=O) groups is 4. The molecule has 1 aromatic rings. The fourth-order valence-corrected chi connectivity index (χ4v) is 2.16. The smallest absolute Gasteiger partial charge is 0.329 e. The maximum Gasteiger partial charge on any atom is 0.329 e. The molecule has 128 valence electrons. The van der Waals surface area contributed by atoms with Gasteiger partial charge in [0.05, 0.1) is 0 Å². The summed E-state index contributed by atoms with van der Waals surface area (Å²) in [6, 6.07) is 6.99. The predicted octanol–water partition coefficient (Wildman–Crippen LogP) is 0.288. The first-order chi connectivity index (χ1) is 11.4. The van der Waals surface area contributed by atoms with Gasteiger partial charge < -0.3 is 15.4 Å². The third kappa shape index (κ3) is 4.09. The van der Waals surface area contributed by atoms with Crippen LogP contribution in [0.25, 0.3) is 0 Å². The molecule has 1 aliphatic rings. The lowest BCUT2D eigenvalue weighted by Crippen LogP contribution is -2.45. The van der Waals surface area contributed by atoms with Crippen molar-refractivity contribution in [1.29, 1.82) is 0 Å². The molecule has 2 atom stereocenters. The topological polar surface area (TPSA) is 105 Å². The molecule has 24 heavy (non-hydrogen) atoms. The fraction of sp³-hybridized carbons (Fsp3) is 0.375. The molecule has 4 amide bonds. The average Bonchev–Trinajstić information content (AvgIpc) is 3.00. The van der Waals surface area contributed by atoms with Crippen LogP contribution in [0.3, 0.4) is 0 Å². The number of hydrogen-bond acceptors (Lipinski definition) is 5. The Morgan fingerprint density at radius 2 is 1.88 bits per heavy atom. The molecule has 2 N–H and O–H groups in total. The van der Waals surface area contributed by atoms with Crippen molar-refractivity contribution >= 4 is 23.8 Å². The molecule has 0 saturated carbocycles. The number of ether oxygens (including phenoxy) is 1. The second kappa shape index (κ2) is 7.58. The highest BCUT2D eigenvalue weighted by molar-refractivity contribution is 5.99. The van der Waals surface area contributed by atoms with Gasteiger partial charge >= 0.3 is 12.0 Å². The van der Waals surface area contributed by atoms with Gasteiger partial charge in [0.15, 0.2) is 6.10 Å². The minimum atomic E-state index is -1.11. The Balaban J connectivity index is 1.88. The van der Waals surface area contributed by atoms with E-state index in [9.17, 15) is 19.2 Å². The molecule has 2 rings (SSSR count). The molecular formula is C16H19N3O5. The Morgan fingerprint density at radius 1 is 1.21 bits per heavy atom. The van der Waals surface area contributed by atoms with E-state index in [-0.39, 0.29) is 6.54 Å². The summed E-state index contributed by atoms with van der Waals surface area (Å²) in [6.45, 7) is 3.45. The van der Waals surface area contributed by atoms with Crippen LogP contribution in [-0.4, -0.2) is 54.0 Å². The van der Waals surface area contributed by atoms with Gasteiger partial charge in [0, 0.05) is 18.7 Å². The zero-order chi connectivity index (χ0) is 17.7. The van der Waals surface area contributed by atoms with Gasteiger partial charge in [-0.2, -0.15) is 0 Å². The van der Waals surface area contributed by atoms with Crippen LogP contribution in [0.15, 0.2) is 30.3 Å². The lowest BCUT2D eigenvalue weighted by Gasteiger charge is -2.20. The summed E-state index contributed by atoms with van der Waals surface area (Å²) < 4.78 is 5.05. The maximum absolute atomic E-state index is 12.1. The molecule has 0 radical (unpaired) electrons. The van der Waals surface area contributed by atoms with Gasteiger partial charge in [0.25, 0.3) is 11.8 Å². The van der Waals surface area contributed by atoms with Crippen LogP contribution in [0.2, 0.25) is 0 Å². The van der Waals surface area contributed by atoms with Crippen LogP contribution < -0.4 is 10.6 Å². The van der Waals surface area contributed by atoms with Gasteiger partial charge in [-0.1, -0.05) is 18.2 Å². The molecule has 8 nitrogen and oxygen atoms in total. The maximum atomic E-state index is 12.1. The zero-order valence-electron chi connectivity index (χ0n) is 13.4. The van der Waals surface area contributed by atoms with E-state index in [2.05, 4.69) is 10.6 Å². The second-order valence-corrected chi connectivity index (χ2v) is 5.36. The van der Waals surface area contributed by atoms with Gasteiger partial charge in [0.2, 0.25) is 0 Å². The van der Waals surface area contributed by atoms with E-state index in [1.807, 2.05) is 0 Å². The SMILES string of the molecule is C[C@H](NC(=O)c1ccccc1)C(=O)O[C@@H](C)C(=O)N1CCNC1=O. The molecule has 1 fully saturated rings. The Labute approximate surface area is 139 Å². The highest BCUT2D eigenvalue weighted by atomic mass is 16.5. The van der Waals surface area contributed by atoms with E-state index < -0.39 is 36.0 Å². The normalized spacial score (nSPS) is 16.1. The number of rotatable bonds is 5. The van der Waals surface area contributed by atoms with Gasteiger partial charge in [-0.05, 0) is 26.0 Å². The van der Waals surface area contributed by atoms with Crippen molar-refractivity contribution < 1.29 is 23.9 Å². The van der Waals surface area contributed by atoms with Crippen LogP contribution in [0, 0.1) is 0 Å². The number of amides is 4. The largest absolute Gasteiger partial charge is 0.451 e. The molecule has 0 bridgehead atoms. The van der Waals surface area contributed by atoms with Gasteiger partial charge in [-0.25, -0.2) is 9.59 Å². The quantitative estimate of drug-likeness (QED) is 0.754. The van der Waals surface area contributed by atoms with E-state index in [1.54, 1.807) is 30.3 Å². The Morgan fingerprint density at radius 3 is 2.46 bits per heavy atom. The summed E-state index contributed by atoms with van der Waals surface area (Å²) in [6.07, 6.45) is -1.11.